The number of fused-ring (bicyclic) bond motifs is 1. The maximum atomic E-state index is 13.2. The number of guanidine groups is 1. The number of rotatable bonds is 7. The lowest BCUT2D eigenvalue weighted by Crippen LogP contribution is -2.37. The molecule has 4 N–H and O–H groups in total. The van der Waals surface area contributed by atoms with Crippen LogP contribution in [0.5, 0.6) is 0 Å². The number of nitrogens with zero attached hydrogens (tertiary/aromatic N) is 2. The lowest BCUT2D eigenvalue weighted by molar-refractivity contribution is 0.0377. The van der Waals surface area contributed by atoms with Crippen LogP contribution in [-0.4, -0.2) is 61.8 Å². The number of aliphatic imine (C=N–C) groups is 1. The molecule has 0 radical (unpaired) electrons. The van der Waals surface area contributed by atoms with Gasteiger partial charge in [-0.15, -0.1) is 0 Å². The number of aromatic amines is 1. The average Bonchev–Trinajstić information content (AvgIpc) is 3.02. The molecule has 1 aliphatic heterocycles. The normalized spacial score (nSPS) is 16.4. The Labute approximate surface area is 147 Å². The van der Waals surface area contributed by atoms with Gasteiger partial charge in [0.15, 0.2) is 5.96 Å². The summed E-state index contributed by atoms with van der Waals surface area (Å²) < 4.78 is 18.5. The van der Waals surface area contributed by atoms with Crippen LogP contribution < -0.4 is 11.1 Å². The topological polar surface area (TPSA) is 78.7 Å². The first kappa shape index (κ1) is 17.7. The number of ether oxygens (including phenoxy) is 1. The maximum absolute atomic E-state index is 13.2. The van der Waals surface area contributed by atoms with Gasteiger partial charge in [0.1, 0.15) is 5.82 Å². The van der Waals surface area contributed by atoms with E-state index in [-0.39, 0.29) is 5.82 Å². The van der Waals surface area contributed by atoms with Gasteiger partial charge in [-0.3, -0.25) is 9.89 Å². The Hall–Kier alpha value is -2.12. The highest BCUT2D eigenvalue weighted by atomic mass is 19.1. The van der Waals surface area contributed by atoms with Gasteiger partial charge in [0.25, 0.3) is 0 Å². The zero-order valence-corrected chi connectivity index (χ0v) is 14.4. The quantitative estimate of drug-likeness (QED) is 0.403. The van der Waals surface area contributed by atoms with E-state index in [4.69, 9.17) is 10.5 Å². The highest BCUT2D eigenvalue weighted by Crippen LogP contribution is 2.19. The summed E-state index contributed by atoms with van der Waals surface area (Å²) in [4.78, 5) is 9.86. The molecule has 136 valence electrons. The fourth-order valence-electron chi connectivity index (χ4n) is 3.07. The number of nitrogens with two attached hydrogens (primary N) is 1. The maximum Gasteiger partial charge on any atom is 0.188 e. The van der Waals surface area contributed by atoms with Crippen LogP contribution in [0.1, 0.15) is 12.0 Å². The molecule has 0 atom stereocenters. The Balaban J connectivity index is 1.37. The molecule has 1 saturated heterocycles. The van der Waals surface area contributed by atoms with Crippen LogP contribution in [0.3, 0.4) is 0 Å². The second kappa shape index (κ2) is 8.82. The molecule has 6 nitrogen and oxygen atoms in total. The SMILES string of the molecule is NC(=NCCCN1CCOCC1)NCCc1c[nH]c2cc(F)ccc12. The summed E-state index contributed by atoms with van der Waals surface area (Å²) in [5.74, 6) is 0.250. The van der Waals surface area contributed by atoms with E-state index < -0.39 is 0 Å². The van der Waals surface area contributed by atoms with Crippen molar-refractivity contribution in [1.82, 2.24) is 15.2 Å². The minimum Gasteiger partial charge on any atom is -0.379 e. The molecule has 0 saturated carbocycles. The zero-order chi connectivity index (χ0) is 17.5. The highest BCUT2D eigenvalue weighted by molar-refractivity contribution is 5.83. The second-order valence-electron chi connectivity index (χ2n) is 6.26. The van der Waals surface area contributed by atoms with Crippen molar-refractivity contribution in [2.45, 2.75) is 12.8 Å². The third kappa shape index (κ3) is 5.17. The number of benzene rings is 1. The van der Waals surface area contributed by atoms with E-state index >= 15 is 0 Å². The lowest BCUT2D eigenvalue weighted by atomic mass is 10.1. The molecule has 0 amide bonds. The van der Waals surface area contributed by atoms with Gasteiger partial charge in [-0.05, 0) is 36.6 Å². The molecule has 1 aromatic carbocycles. The summed E-state index contributed by atoms with van der Waals surface area (Å²) >= 11 is 0. The van der Waals surface area contributed by atoms with E-state index in [1.54, 1.807) is 6.07 Å². The van der Waals surface area contributed by atoms with Crippen LogP contribution in [0, 0.1) is 5.82 Å². The number of nitrogens with one attached hydrogen (secondary N) is 2. The minimum absolute atomic E-state index is 0.229. The number of morpholine rings is 1. The van der Waals surface area contributed by atoms with E-state index in [1.807, 2.05) is 6.20 Å². The Morgan fingerprint density at radius 1 is 1.36 bits per heavy atom. The summed E-state index contributed by atoms with van der Waals surface area (Å²) in [5, 5.41) is 4.19. The van der Waals surface area contributed by atoms with E-state index in [9.17, 15) is 4.39 Å². The van der Waals surface area contributed by atoms with Gasteiger partial charge >= 0.3 is 0 Å². The van der Waals surface area contributed by atoms with E-state index in [1.165, 1.54) is 12.1 Å². The molecule has 1 aromatic heterocycles. The summed E-state index contributed by atoms with van der Waals surface area (Å²) in [6.07, 6.45) is 3.72. The third-order valence-corrected chi connectivity index (χ3v) is 4.45. The predicted molar refractivity (Wildman–Crippen MR) is 98.3 cm³/mol. The van der Waals surface area contributed by atoms with Crippen LogP contribution in [0.4, 0.5) is 4.39 Å². The average molecular weight is 347 g/mol. The predicted octanol–water partition coefficient (Wildman–Crippen LogP) is 1.48. The van der Waals surface area contributed by atoms with Crippen molar-refractivity contribution in [3.8, 4) is 0 Å². The summed E-state index contributed by atoms with van der Waals surface area (Å²) in [6, 6.07) is 4.80. The zero-order valence-electron chi connectivity index (χ0n) is 14.4. The standard InChI is InChI=1S/C18H26FN5O/c19-15-2-3-16-14(13-23-17(16)12-15)4-6-22-18(20)21-5-1-7-24-8-10-25-11-9-24/h2-3,12-13,23H,1,4-11H2,(H3,20,21,22). The van der Waals surface area contributed by atoms with Crippen LogP contribution >= 0.6 is 0 Å². The van der Waals surface area contributed by atoms with E-state index in [2.05, 4.69) is 20.2 Å². The van der Waals surface area contributed by atoms with Crippen LogP contribution in [0.25, 0.3) is 10.9 Å². The largest absolute Gasteiger partial charge is 0.379 e. The minimum atomic E-state index is -0.229. The molecule has 0 bridgehead atoms. The van der Waals surface area contributed by atoms with Gasteiger partial charge in [-0.1, -0.05) is 0 Å². The van der Waals surface area contributed by atoms with E-state index in [0.717, 1.165) is 68.7 Å². The molecule has 2 aromatic rings. The second-order valence-corrected chi connectivity index (χ2v) is 6.26. The summed E-state index contributed by atoms with van der Waals surface area (Å²) in [7, 11) is 0. The fraction of sp³-hybridized carbons (Fsp3) is 0.500. The van der Waals surface area contributed by atoms with Crippen molar-refractivity contribution in [2.75, 3.05) is 45.9 Å². The van der Waals surface area contributed by atoms with Crippen LogP contribution in [0.2, 0.25) is 0 Å². The van der Waals surface area contributed by atoms with Crippen molar-refractivity contribution in [3.63, 3.8) is 0 Å². The number of halogens is 1. The lowest BCUT2D eigenvalue weighted by Gasteiger charge is -2.26. The van der Waals surface area contributed by atoms with E-state index in [0.29, 0.717) is 12.5 Å². The molecule has 0 unspecified atom stereocenters. The van der Waals surface area contributed by atoms with Gasteiger partial charge in [-0.25, -0.2) is 4.39 Å². The molecule has 2 heterocycles. The third-order valence-electron chi connectivity index (χ3n) is 4.45. The molecule has 0 spiro atoms. The molecular weight excluding hydrogens is 321 g/mol. The molecular formula is C18H26FN5O. The Bertz CT molecular complexity index is 709. The van der Waals surface area contributed by atoms with Crippen molar-refractivity contribution < 1.29 is 9.13 Å². The first-order valence-electron chi connectivity index (χ1n) is 8.82. The molecule has 1 aliphatic rings. The van der Waals surface area contributed by atoms with Gasteiger partial charge in [0.05, 0.1) is 13.2 Å². The molecule has 25 heavy (non-hydrogen) atoms. The molecule has 7 heteroatoms. The molecule has 0 aliphatic carbocycles. The first-order chi connectivity index (χ1) is 12.2. The summed E-state index contributed by atoms with van der Waals surface area (Å²) in [5.41, 5.74) is 7.87. The monoisotopic (exact) mass is 347 g/mol. The first-order valence-corrected chi connectivity index (χ1v) is 8.82. The van der Waals surface area contributed by atoms with Gasteiger partial charge in [0, 0.05) is 49.8 Å². The smallest absolute Gasteiger partial charge is 0.188 e. The van der Waals surface area contributed by atoms with Gasteiger partial charge in [-0.2, -0.15) is 0 Å². The molecule has 3 rings (SSSR count). The Morgan fingerprint density at radius 3 is 3.04 bits per heavy atom. The number of hydrogen-bond acceptors (Lipinski definition) is 3. The van der Waals surface area contributed by atoms with Gasteiger partial charge in [0.2, 0.25) is 0 Å². The van der Waals surface area contributed by atoms with Crippen LogP contribution in [0.15, 0.2) is 29.4 Å². The van der Waals surface area contributed by atoms with Gasteiger partial charge < -0.3 is 20.8 Å². The number of H-pyrrole nitrogens is 1. The van der Waals surface area contributed by atoms with Crippen molar-refractivity contribution >= 4 is 16.9 Å². The number of aromatic nitrogens is 1. The van der Waals surface area contributed by atoms with Crippen LogP contribution in [-0.2, 0) is 11.2 Å². The van der Waals surface area contributed by atoms with Crippen molar-refractivity contribution in [3.05, 3.63) is 35.8 Å². The van der Waals surface area contributed by atoms with Crippen molar-refractivity contribution in [1.29, 1.82) is 0 Å². The highest BCUT2D eigenvalue weighted by Gasteiger charge is 2.09. The number of hydrogen-bond donors (Lipinski definition) is 3. The molecule has 1 fully saturated rings. The van der Waals surface area contributed by atoms with Crippen molar-refractivity contribution in [2.24, 2.45) is 10.7 Å². The Morgan fingerprint density at radius 2 is 2.20 bits per heavy atom. The Kier molecular flexibility index (Phi) is 6.25. The summed E-state index contributed by atoms with van der Waals surface area (Å²) in [6.45, 7) is 6.12. The fourth-order valence-corrected chi connectivity index (χ4v) is 3.07.